The lowest BCUT2D eigenvalue weighted by Gasteiger charge is -2.10. The third-order valence-electron chi connectivity index (χ3n) is 5.70. The van der Waals surface area contributed by atoms with Crippen LogP contribution in [0.5, 0.6) is 0 Å². The second-order valence-corrected chi connectivity index (χ2v) is 11.0. The van der Waals surface area contributed by atoms with Crippen molar-refractivity contribution in [2.75, 3.05) is 18.4 Å². The highest BCUT2D eigenvalue weighted by atomic mass is 32.2. The molecule has 0 radical (unpaired) electrons. The molecule has 0 aliphatic rings. The zero-order chi connectivity index (χ0) is 27.6. The van der Waals surface area contributed by atoms with Crippen LogP contribution in [0.4, 0.5) is 23.5 Å². The number of nitrogens with zero attached hydrogens (tertiary/aromatic N) is 4. The van der Waals surface area contributed by atoms with Gasteiger partial charge < -0.3 is 5.32 Å². The molecule has 0 unspecified atom stereocenters. The maximum Gasteiger partial charge on any atom is 0.416 e. The van der Waals surface area contributed by atoms with Crippen LogP contribution in [0.1, 0.15) is 12.0 Å². The summed E-state index contributed by atoms with van der Waals surface area (Å²) in [5.74, 6) is -0.0372. The van der Waals surface area contributed by atoms with Gasteiger partial charge in [-0.1, -0.05) is 0 Å². The highest BCUT2D eigenvalue weighted by Gasteiger charge is 2.30. The van der Waals surface area contributed by atoms with Gasteiger partial charge in [-0.15, -0.1) is 11.3 Å². The zero-order valence-electron chi connectivity index (χ0n) is 20.0. The van der Waals surface area contributed by atoms with Crippen LogP contribution in [-0.4, -0.2) is 40.9 Å². The number of halogens is 4. The predicted octanol–water partition coefficient (Wildman–Crippen LogP) is 5.46. The van der Waals surface area contributed by atoms with Crippen molar-refractivity contribution < 1.29 is 26.0 Å². The van der Waals surface area contributed by atoms with E-state index in [4.69, 9.17) is 0 Å². The van der Waals surface area contributed by atoms with Crippen LogP contribution >= 0.6 is 11.3 Å². The van der Waals surface area contributed by atoms with Gasteiger partial charge in [0.1, 0.15) is 11.5 Å². The Morgan fingerprint density at radius 3 is 2.41 bits per heavy atom. The summed E-state index contributed by atoms with van der Waals surface area (Å²) >= 11 is 1.45. The molecule has 8 nitrogen and oxygen atoms in total. The van der Waals surface area contributed by atoms with E-state index in [1.807, 2.05) is 16.0 Å². The van der Waals surface area contributed by atoms with Gasteiger partial charge in [0.25, 0.3) is 0 Å². The lowest BCUT2D eigenvalue weighted by atomic mass is 10.1. The van der Waals surface area contributed by atoms with Crippen LogP contribution in [0.15, 0.2) is 77.3 Å². The average Bonchev–Trinajstić information content (AvgIpc) is 3.50. The number of nitrogens with one attached hydrogen (secondary N) is 2. The molecular weight excluding hydrogens is 556 g/mol. The van der Waals surface area contributed by atoms with E-state index in [0.29, 0.717) is 36.0 Å². The van der Waals surface area contributed by atoms with E-state index in [1.54, 1.807) is 24.4 Å². The first-order chi connectivity index (χ1) is 18.6. The van der Waals surface area contributed by atoms with Gasteiger partial charge in [-0.3, -0.25) is 4.40 Å². The van der Waals surface area contributed by atoms with Crippen LogP contribution in [0.25, 0.3) is 27.6 Å². The van der Waals surface area contributed by atoms with Gasteiger partial charge in [-0.05, 0) is 61.0 Å². The van der Waals surface area contributed by atoms with Crippen molar-refractivity contribution in [1.29, 1.82) is 0 Å². The molecule has 0 saturated carbocycles. The smallest absolute Gasteiger partial charge is 0.354 e. The lowest BCUT2D eigenvalue weighted by molar-refractivity contribution is -0.137. The second kappa shape index (κ2) is 10.7. The fourth-order valence-corrected chi connectivity index (χ4v) is 5.60. The Bertz CT molecular complexity index is 1700. The highest BCUT2D eigenvalue weighted by Crippen LogP contribution is 2.34. The second-order valence-electron chi connectivity index (χ2n) is 8.34. The number of benzene rings is 2. The molecule has 0 spiro atoms. The molecule has 2 N–H and O–H groups in total. The molecule has 0 amide bonds. The summed E-state index contributed by atoms with van der Waals surface area (Å²) in [5.41, 5.74) is 1.75. The van der Waals surface area contributed by atoms with Crippen LogP contribution in [-0.2, 0) is 16.2 Å². The van der Waals surface area contributed by atoms with E-state index < -0.39 is 21.8 Å². The molecular formula is C25H20F4N6O2S2. The van der Waals surface area contributed by atoms with Gasteiger partial charge in [0, 0.05) is 36.4 Å². The number of imidazole rings is 1. The third kappa shape index (κ3) is 5.92. The number of sulfonamides is 1. The summed E-state index contributed by atoms with van der Waals surface area (Å²) < 4.78 is 80.7. The minimum atomic E-state index is -4.54. The van der Waals surface area contributed by atoms with Gasteiger partial charge in [-0.25, -0.2) is 32.5 Å². The SMILES string of the molecule is O=S(=O)(NCCCNc1nccc(-c2c(-c3ccc(F)cc3)nc3sccn23)n1)c1ccc(C(F)(F)F)cc1. The van der Waals surface area contributed by atoms with E-state index >= 15 is 0 Å². The lowest BCUT2D eigenvalue weighted by Crippen LogP contribution is -2.26. The number of alkyl halides is 3. The van der Waals surface area contributed by atoms with Crippen molar-refractivity contribution in [3.8, 4) is 22.6 Å². The maximum absolute atomic E-state index is 13.5. The Labute approximate surface area is 224 Å². The number of aromatic nitrogens is 4. The van der Waals surface area contributed by atoms with Crippen LogP contribution in [0, 0.1) is 5.82 Å². The molecule has 3 aromatic heterocycles. The van der Waals surface area contributed by atoms with E-state index in [0.717, 1.165) is 34.8 Å². The topological polar surface area (TPSA) is 101 Å². The Morgan fingerprint density at radius 2 is 1.69 bits per heavy atom. The summed E-state index contributed by atoms with van der Waals surface area (Å²) in [7, 11) is -3.96. The normalized spacial score (nSPS) is 12.2. The monoisotopic (exact) mass is 576 g/mol. The van der Waals surface area contributed by atoms with Gasteiger partial charge in [0.2, 0.25) is 16.0 Å². The summed E-state index contributed by atoms with van der Waals surface area (Å²) in [5, 5.41) is 4.94. The fraction of sp³-hybridized carbons (Fsp3) is 0.160. The summed E-state index contributed by atoms with van der Waals surface area (Å²) in [6.07, 6.45) is -0.738. The van der Waals surface area contributed by atoms with Gasteiger partial charge in [0.15, 0.2) is 4.96 Å². The summed E-state index contributed by atoms with van der Waals surface area (Å²) in [4.78, 5) is 14.0. The Hall–Kier alpha value is -3.88. The maximum atomic E-state index is 13.5. The van der Waals surface area contributed by atoms with Crippen molar-refractivity contribution >= 4 is 32.3 Å². The molecule has 14 heteroatoms. The molecule has 39 heavy (non-hydrogen) atoms. The van der Waals surface area contributed by atoms with Gasteiger partial charge in [-0.2, -0.15) is 13.2 Å². The number of fused-ring (bicyclic) bond motifs is 1. The van der Waals surface area contributed by atoms with Crippen molar-refractivity contribution in [3.05, 3.63) is 83.8 Å². The van der Waals surface area contributed by atoms with Crippen LogP contribution < -0.4 is 10.0 Å². The first-order valence-electron chi connectivity index (χ1n) is 11.6. The molecule has 0 saturated heterocycles. The number of thiazole rings is 1. The van der Waals surface area contributed by atoms with Crippen molar-refractivity contribution in [1.82, 2.24) is 24.1 Å². The molecule has 5 rings (SSSR count). The molecule has 0 fully saturated rings. The number of anilines is 1. The zero-order valence-corrected chi connectivity index (χ0v) is 21.6. The number of rotatable bonds is 9. The largest absolute Gasteiger partial charge is 0.416 e. The first kappa shape index (κ1) is 26.7. The Kier molecular flexibility index (Phi) is 7.34. The third-order valence-corrected chi connectivity index (χ3v) is 7.93. The van der Waals surface area contributed by atoms with E-state index in [2.05, 4.69) is 25.0 Å². The molecule has 202 valence electrons. The van der Waals surface area contributed by atoms with E-state index in [9.17, 15) is 26.0 Å². The minimum absolute atomic E-state index is 0.0446. The van der Waals surface area contributed by atoms with Crippen LogP contribution in [0.2, 0.25) is 0 Å². The predicted molar refractivity (Wildman–Crippen MR) is 139 cm³/mol. The quantitative estimate of drug-likeness (QED) is 0.179. The first-order valence-corrected chi connectivity index (χ1v) is 13.9. The Balaban J connectivity index is 1.24. The average molecular weight is 577 g/mol. The standard InChI is InChI=1S/C25H20F4N6O2S2/c26-18-6-2-16(3-7-18)21-22(35-14-15-38-24(35)34-21)20-10-13-31-23(33-20)30-11-1-12-32-39(36,37)19-8-4-17(5-9-19)25(27,28)29/h2-10,13-15,32H,1,11-12H2,(H,30,31,33). The molecule has 0 aliphatic heterocycles. The highest BCUT2D eigenvalue weighted by molar-refractivity contribution is 7.89. The van der Waals surface area contributed by atoms with E-state index in [1.165, 1.54) is 23.5 Å². The molecule has 2 aromatic carbocycles. The van der Waals surface area contributed by atoms with Crippen molar-refractivity contribution in [2.24, 2.45) is 0 Å². The minimum Gasteiger partial charge on any atom is -0.354 e. The van der Waals surface area contributed by atoms with E-state index in [-0.39, 0.29) is 17.3 Å². The molecule has 0 aliphatic carbocycles. The molecule has 5 aromatic rings. The molecule has 0 bridgehead atoms. The summed E-state index contributed by atoms with van der Waals surface area (Å²) in [6, 6.07) is 11.1. The van der Waals surface area contributed by atoms with Crippen molar-refractivity contribution in [3.63, 3.8) is 0 Å². The van der Waals surface area contributed by atoms with Crippen molar-refractivity contribution in [2.45, 2.75) is 17.5 Å². The fourth-order valence-electron chi connectivity index (χ4n) is 3.82. The molecule has 0 atom stereocenters. The number of hydrogen-bond acceptors (Lipinski definition) is 7. The van der Waals surface area contributed by atoms with Gasteiger partial charge in [0.05, 0.1) is 21.8 Å². The number of hydrogen-bond donors (Lipinski definition) is 2. The Morgan fingerprint density at radius 1 is 0.949 bits per heavy atom. The van der Waals surface area contributed by atoms with Gasteiger partial charge >= 0.3 is 6.18 Å². The van der Waals surface area contributed by atoms with Crippen LogP contribution in [0.3, 0.4) is 0 Å². The molecule has 3 heterocycles. The summed E-state index contributed by atoms with van der Waals surface area (Å²) in [6.45, 7) is 0.368.